The minimum atomic E-state index is 0.557. The first-order valence-electron chi connectivity index (χ1n) is 21.8. The standard InChI is InChI=1S/C23H34.C10H18.C7H14.2C4H8.C3H6.C2H6/c1-7-21-22(23(21,5)6)16(3)12-15(2)17(4)20-13-18-10-8-9-11-19(18)14-20;1-6-7-9(4)10(5)8(2)3;1-7-5-3-2-4-6-7;1-4(2)3;1-3-4-2;1-3-2;1-2/h8-11,16-17,20-22H,2,7,12-14H2,1,3-6H3;9H,2,5-7H2,1,3-4H3;7H,2-6H2,1H3;1H2,2-3H3;3H,1,4H2,2H3;3H,1H2,2H3;1-2H3. The van der Waals surface area contributed by atoms with E-state index < -0.39 is 0 Å². The molecule has 2 saturated carbocycles. The van der Waals surface area contributed by atoms with E-state index in [1.807, 2.05) is 47.6 Å². The van der Waals surface area contributed by atoms with Crippen LogP contribution in [0.5, 0.6) is 0 Å². The molecule has 0 bridgehead atoms. The zero-order valence-electron chi connectivity index (χ0n) is 38.7. The number of hydrogen-bond acceptors (Lipinski definition) is 0. The van der Waals surface area contributed by atoms with Crippen LogP contribution in [0.1, 0.15) is 179 Å². The van der Waals surface area contributed by atoms with Gasteiger partial charge in [0.05, 0.1) is 0 Å². The maximum Gasteiger partial charge on any atom is -0.0194 e. The summed E-state index contributed by atoms with van der Waals surface area (Å²) < 4.78 is 0. The van der Waals surface area contributed by atoms with E-state index in [9.17, 15) is 0 Å². The van der Waals surface area contributed by atoms with Crippen molar-refractivity contribution >= 4 is 0 Å². The average Bonchev–Trinajstić information content (AvgIpc) is 3.43. The number of hydrogen-bond donors (Lipinski definition) is 0. The molecule has 53 heavy (non-hydrogen) atoms. The molecule has 0 N–H and O–H groups in total. The molecule has 0 heterocycles. The van der Waals surface area contributed by atoms with Crippen LogP contribution in [0.15, 0.2) is 98.2 Å². The fourth-order valence-corrected chi connectivity index (χ4v) is 8.04. The highest BCUT2D eigenvalue weighted by atomic mass is 14.6. The zero-order valence-corrected chi connectivity index (χ0v) is 38.7. The summed E-state index contributed by atoms with van der Waals surface area (Å²) in [6, 6.07) is 8.99. The minimum absolute atomic E-state index is 0.557. The van der Waals surface area contributed by atoms with Gasteiger partial charge in [0.1, 0.15) is 0 Å². The number of fused-ring (bicyclic) bond motifs is 1. The van der Waals surface area contributed by atoms with E-state index in [4.69, 9.17) is 0 Å². The maximum atomic E-state index is 4.51. The SMILES string of the molecule is C=C(C)C.C=C(C)C(=C)C(C)CCC.C=C(CC(C)C1C(CC)C1(C)C)C(C)C1Cc2ccccc2C1.C=CC.C=CCC.CC.CC1CCCCC1. The monoisotopic (exact) mass is 731 g/mol. The molecule has 2 fully saturated rings. The van der Waals surface area contributed by atoms with E-state index in [0.717, 1.165) is 41.6 Å². The predicted molar refractivity (Wildman–Crippen MR) is 249 cm³/mol. The van der Waals surface area contributed by atoms with Gasteiger partial charge >= 0.3 is 0 Å². The smallest absolute Gasteiger partial charge is 0.0194 e. The summed E-state index contributed by atoms with van der Waals surface area (Å²) in [5.74, 6) is 5.67. The van der Waals surface area contributed by atoms with Crippen molar-refractivity contribution in [2.75, 3.05) is 0 Å². The first kappa shape index (κ1) is 55.0. The second kappa shape index (κ2) is 32.0. The molecule has 5 atom stereocenters. The molecular weight excluding hydrogens is 637 g/mol. The third-order valence-corrected chi connectivity index (χ3v) is 11.3. The molecule has 3 aliphatic rings. The van der Waals surface area contributed by atoms with Gasteiger partial charge in [0.25, 0.3) is 0 Å². The van der Waals surface area contributed by atoms with Crippen LogP contribution < -0.4 is 0 Å². The summed E-state index contributed by atoms with van der Waals surface area (Å²) in [4.78, 5) is 0. The van der Waals surface area contributed by atoms with Crippen molar-refractivity contribution in [2.45, 2.75) is 181 Å². The topological polar surface area (TPSA) is 0 Å². The molecule has 4 rings (SSSR count). The Balaban J connectivity index is -0.000000688. The molecule has 0 amide bonds. The summed E-state index contributed by atoms with van der Waals surface area (Å²) in [5.41, 5.74) is 8.69. The molecule has 0 radical (unpaired) electrons. The molecule has 306 valence electrons. The van der Waals surface area contributed by atoms with Crippen LogP contribution in [-0.4, -0.2) is 0 Å². The van der Waals surface area contributed by atoms with E-state index in [1.165, 1.54) is 87.3 Å². The van der Waals surface area contributed by atoms with Gasteiger partial charge < -0.3 is 0 Å². The first-order chi connectivity index (χ1) is 24.9. The lowest BCUT2D eigenvalue weighted by Gasteiger charge is -2.24. The molecule has 0 aliphatic heterocycles. The third-order valence-electron chi connectivity index (χ3n) is 11.3. The van der Waals surface area contributed by atoms with E-state index >= 15 is 0 Å². The second-order valence-electron chi connectivity index (χ2n) is 17.0. The highest BCUT2D eigenvalue weighted by molar-refractivity contribution is 5.33. The summed E-state index contributed by atoms with van der Waals surface area (Å²) in [5, 5.41) is 0. The van der Waals surface area contributed by atoms with Crippen LogP contribution in [0.2, 0.25) is 0 Å². The molecule has 0 aromatic heterocycles. The predicted octanol–water partition coefficient (Wildman–Crippen LogP) is 17.8. The normalized spacial score (nSPS) is 19.3. The Bertz CT molecular complexity index is 1110. The van der Waals surface area contributed by atoms with Crippen molar-refractivity contribution in [1.82, 2.24) is 0 Å². The van der Waals surface area contributed by atoms with Gasteiger partial charge in [-0.2, -0.15) is 0 Å². The van der Waals surface area contributed by atoms with Crippen LogP contribution in [0, 0.1) is 46.8 Å². The van der Waals surface area contributed by atoms with E-state index in [0.29, 0.717) is 17.3 Å². The highest BCUT2D eigenvalue weighted by Gasteiger charge is 2.58. The van der Waals surface area contributed by atoms with Gasteiger partial charge in [0, 0.05) is 0 Å². The van der Waals surface area contributed by atoms with Crippen molar-refractivity contribution in [3.05, 3.63) is 109 Å². The van der Waals surface area contributed by atoms with Gasteiger partial charge in [-0.05, 0) is 118 Å². The van der Waals surface area contributed by atoms with Gasteiger partial charge in [0.2, 0.25) is 0 Å². The van der Waals surface area contributed by atoms with Crippen molar-refractivity contribution < 1.29 is 0 Å². The Morgan fingerprint density at radius 3 is 1.58 bits per heavy atom. The first-order valence-corrected chi connectivity index (χ1v) is 21.8. The summed E-state index contributed by atoms with van der Waals surface area (Å²) in [7, 11) is 0. The van der Waals surface area contributed by atoms with Crippen LogP contribution in [0.25, 0.3) is 0 Å². The number of allylic oxidation sites excluding steroid dienone is 6. The van der Waals surface area contributed by atoms with Gasteiger partial charge in [-0.15, -0.1) is 19.7 Å². The molecule has 0 heteroatoms. The Morgan fingerprint density at radius 2 is 1.28 bits per heavy atom. The zero-order chi connectivity index (χ0) is 41.7. The minimum Gasteiger partial charge on any atom is -0.103 e. The second-order valence-corrected chi connectivity index (χ2v) is 17.0. The summed E-state index contributed by atoms with van der Waals surface area (Å²) in [6.45, 7) is 55.6. The summed E-state index contributed by atoms with van der Waals surface area (Å²) >= 11 is 0. The van der Waals surface area contributed by atoms with E-state index in [2.05, 4.69) is 126 Å². The molecule has 1 aromatic rings. The van der Waals surface area contributed by atoms with Crippen molar-refractivity contribution in [1.29, 1.82) is 0 Å². The molecular formula is C53H94. The van der Waals surface area contributed by atoms with Crippen LogP contribution in [0.4, 0.5) is 0 Å². The van der Waals surface area contributed by atoms with Crippen molar-refractivity contribution in [3.8, 4) is 0 Å². The molecule has 3 aliphatic carbocycles. The van der Waals surface area contributed by atoms with Gasteiger partial charge in [0.15, 0.2) is 0 Å². The van der Waals surface area contributed by atoms with Gasteiger partial charge in [-0.25, -0.2) is 0 Å². The molecule has 1 aromatic carbocycles. The van der Waals surface area contributed by atoms with Crippen molar-refractivity contribution in [3.63, 3.8) is 0 Å². The molecule has 5 unspecified atom stereocenters. The van der Waals surface area contributed by atoms with Crippen LogP contribution in [0.3, 0.4) is 0 Å². The molecule has 0 saturated heterocycles. The molecule has 0 nitrogen and oxygen atoms in total. The van der Waals surface area contributed by atoms with Crippen LogP contribution >= 0.6 is 0 Å². The Hall–Kier alpha value is -2.34. The lowest BCUT2D eigenvalue weighted by atomic mass is 9.81. The lowest BCUT2D eigenvalue weighted by molar-refractivity contribution is 0.367. The van der Waals surface area contributed by atoms with Crippen molar-refractivity contribution in [2.24, 2.45) is 46.8 Å². The van der Waals surface area contributed by atoms with E-state index in [-0.39, 0.29) is 0 Å². The largest absolute Gasteiger partial charge is 0.103 e. The van der Waals surface area contributed by atoms with Gasteiger partial charge in [-0.3, -0.25) is 0 Å². The number of rotatable bonds is 11. The summed E-state index contributed by atoms with van der Waals surface area (Å²) in [6.07, 6.45) is 19.7. The Morgan fingerprint density at radius 1 is 0.849 bits per heavy atom. The van der Waals surface area contributed by atoms with Crippen LogP contribution in [-0.2, 0) is 12.8 Å². The lowest BCUT2D eigenvalue weighted by Crippen LogP contribution is -2.16. The quantitative estimate of drug-likeness (QED) is 0.157. The fourth-order valence-electron chi connectivity index (χ4n) is 8.04. The third kappa shape index (κ3) is 23.9. The average molecular weight is 731 g/mol. The Kier molecular flexibility index (Phi) is 33.2. The van der Waals surface area contributed by atoms with Gasteiger partial charge in [-0.1, -0.05) is 200 Å². The molecule has 0 spiro atoms. The highest BCUT2D eigenvalue weighted by Crippen LogP contribution is 2.64. The van der Waals surface area contributed by atoms with E-state index in [1.54, 1.807) is 17.2 Å². The Labute approximate surface area is 335 Å². The fraction of sp³-hybridized carbons (Fsp3) is 0.660. The number of benzene rings is 1. The maximum absolute atomic E-state index is 4.51.